The first-order valence-corrected chi connectivity index (χ1v) is 6.07. The van der Waals surface area contributed by atoms with Gasteiger partial charge < -0.3 is 9.72 Å². The molecule has 0 amide bonds. The van der Waals surface area contributed by atoms with E-state index in [-0.39, 0.29) is 0 Å². The van der Waals surface area contributed by atoms with Gasteiger partial charge in [0.25, 0.3) is 0 Å². The molecule has 0 radical (unpaired) electrons. The maximum Gasteiger partial charge on any atom is 0.242 e. The summed E-state index contributed by atoms with van der Waals surface area (Å²) in [5, 5.41) is 0. The van der Waals surface area contributed by atoms with E-state index in [4.69, 9.17) is 17.0 Å². The normalized spacial score (nSPS) is 10.8. The van der Waals surface area contributed by atoms with Gasteiger partial charge in [0.2, 0.25) is 5.88 Å². The smallest absolute Gasteiger partial charge is 0.242 e. The highest BCUT2D eigenvalue weighted by Crippen LogP contribution is 2.20. The Morgan fingerprint density at radius 2 is 2.11 bits per heavy atom. The van der Waals surface area contributed by atoms with Crippen molar-refractivity contribution in [1.82, 2.24) is 24.5 Å². The van der Waals surface area contributed by atoms with Gasteiger partial charge in [-0.2, -0.15) is 4.98 Å². The lowest BCUT2D eigenvalue weighted by Crippen LogP contribution is -2.01. The highest BCUT2D eigenvalue weighted by molar-refractivity contribution is 7.71. The third-order valence-electron chi connectivity index (χ3n) is 2.81. The minimum atomic E-state index is 0.490. The topological polar surface area (TPSA) is 68.6 Å². The minimum absolute atomic E-state index is 0.490. The molecule has 0 saturated carbocycles. The monoisotopic (exact) mass is 273 g/mol. The van der Waals surface area contributed by atoms with Crippen LogP contribution in [0.25, 0.3) is 11.2 Å². The van der Waals surface area contributed by atoms with E-state index >= 15 is 0 Å². The van der Waals surface area contributed by atoms with Gasteiger partial charge in [0.1, 0.15) is 11.8 Å². The summed E-state index contributed by atoms with van der Waals surface area (Å²) in [6.45, 7) is 0.627. The number of nitrogens with one attached hydrogen (secondary N) is 1. The molecule has 0 aliphatic rings. The molecule has 0 fully saturated rings. The van der Waals surface area contributed by atoms with Gasteiger partial charge in [-0.3, -0.25) is 9.55 Å². The molecule has 19 heavy (non-hydrogen) atoms. The highest BCUT2D eigenvalue weighted by Gasteiger charge is 2.11. The van der Waals surface area contributed by atoms with Crippen molar-refractivity contribution >= 4 is 23.4 Å². The zero-order valence-corrected chi connectivity index (χ0v) is 11.0. The lowest BCUT2D eigenvalue weighted by molar-refractivity contribution is 0.401. The van der Waals surface area contributed by atoms with Gasteiger partial charge >= 0.3 is 0 Å². The van der Waals surface area contributed by atoms with Crippen molar-refractivity contribution in [2.75, 3.05) is 7.11 Å². The number of fused-ring (bicyclic) bond motifs is 1. The average molecular weight is 273 g/mol. The number of aromatic amines is 1. The van der Waals surface area contributed by atoms with Gasteiger partial charge in [-0.25, -0.2) is 4.98 Å². The van der Waals surface area contributed by atoms with Crippen LogP contribution in [0, 0.1) is 4.77 Å². The molecular weight excluding hydrogens is 262 g/mol. The molecule has 3 aromatic heterocycles. The number of hydrogen-bond donors (Lipinski definition) is 1. The van der Waals surface area contributed by atoms with Gasteiger partial charge in [-0.05, 0) is 29.9 Å². The molecular formula is C12H11N5OS. The number of H-pyrrole nitrogens is 1. The Bertz CT molecular complexity index is 765. The molecule has 6 nitrogen and oxygen atoms in total. The average Bonchev–Trinajstić information content (AvgIpc) is 2.76. The van der Waals surface area contributed by atoms with Crippen LogP contribution in [0.2, 0.25) is 0 Å². The SMILES string of the molecule is COc1ncnc2c1[nH]c(=S)n2Cc1ccncc1. The van der Waals surface area contributed by atoms with E-state index in [0.717, 1.165) is 11.2 Å². The molecule has 7 heteroatoms. The van der Waals surface area contributed by atoms with Crippen LogP contribution in [0.5, 0.6) is 5.88 Å². The molecule has 0 spiro atoms. The maximum atomic E-state index is 5.33. The second kappa shape index (κ2) is 4.77. The largest absolute Gasteiger partial charge is 0.479 e. The first kappa shape index (κ1) is 11.8. The highest BCUT2D eigenvalue weighted by atomic mass is 32.1. The number of ether oxygens (including phenoxy) is 1. The fourth-order valence-corrected chi connectivity index (χ4v) is 2.17. The van der Waals surface area contributed by atoms with Crippen molar-refractivity contribution in [1.29, 1.82) is 0 Å². The first-order valence-electron chi connectivity index (χ1n) is 5.66. The fraction of sp³-hybridized carbons (Fsp3) is 0.167. The van der Waals surface area contributed by atoms with Gasteiger partial charge in [0, 0.05) is 12.4 Å². The van der Waals surface area contributed by atoms with Crippen molar-refractivity contribution in [2.45, 2.75) is 6.54 Å². The molecule has 0 aromatic carbocycles. The van der Waals surface area contributed by atoms with Crippen molar-refractivity contribution in [3.63, 3.8) is 0 Å². The number of rotatable bonds is 3. The van der Waals surface area contributed by atoms with E-state index in [0.29, 0.717) is 22.7 Å². The van der Waals surface area contributed by atoms with Crippen molar-refractivity contribution in [3.05, 3.63) is 41.2 Å². The van der Waals surface area contributed by atoms with E-state index in [1.54, 1.807) is 19.5 Å². The Labute approximate surface area is 114 Å². The number of methoxy groups -OCH3 is 1. The third-order valence-corrected chi connectivity index (χ3v) is 3.13. The quantitative estimate of drug-likeness (QED) is 0.739. The van der Waals surface area contributed by atoms with E-state index in [9.17, 15) is 0 Å². The summed E-state index contributed by atoms with van der Waals surface area (Å²) in [7, 11) is 1.57. The van der Waals surface area contributed by atoms with Crippen LogP contribution in [-0.4, -0.2) is 31.6 Å². The van der Waals surface area contributed by atoms with Crippen molar-refractivity contribution in [3.8, 4) is 5.88 Å². The molecule has 96 valence electrons. The van der Waals surface area contributed by atoms with Crippen LogP contribution in [0.3, 0.4) is 0 Å². The van der Waals surface area contributed by atoms with Crippen molar-refractivity contribution in [2.24, 2.45) is 0 Å². The Morgan fingerprint density at radius 1 is 1.32 bits per heavy atom. The minimum Gasteiger partial charge on any atom is -0.479 e. The summed E-state index contributed by atoms with van der Waals surface area (Å²) in [6.07, 6.45) is 4.97. The van der Waals surface area contributed by atoms with Crippen LogP contribution in [-0.2, 0) is 6.54 Å². The van der Waals surface area contributed by atoms with Crippen LogP contribution in [0.1, 0.15) is 5.56 Å². The van der Waals surface area contributed by atoms with Gasteiger partial charge in [-0.15, -0.1) is 0 Å². The standard InChI is InChI=1S/C12H11N5OS/c1-18-11-9-10(14-7-15-11)17(12(19)16-9)6-8-2-4-13-5-3-8/h2-5,7H,6H2,1H3,(H,16,19). The Morgan fingerprint density at radius 3 is 2.84 bits per heavy atom. The second-order valence-corrected chi connectivity index (χ2v) is 4.34. The number of nitrogens with zero attached hydrogens (tertiary/aromatic N) is 4. The fourth-order valence-electron chi connectivity index (χ4n) is 1.92. The second-order valence-electron chi connectivity index (χ2n) is 3.95. The molecule has 3 heterocycles. The third kappa shape index (κ3) is 2.08. The Kier molecular flexibility index (Phi) is 2.96. The predicted molar refractivity (Wildman–Crippen MR) is 72.6 cm³/mol. The summed E-state index contributed by atoms with van der Waals surface area (Å²) in [4.78, 5) is 15.4. The molecule has 0 unspecified atom stereocenters. The van der Waals surface area contributed by atoms with E-state index < -0.39 is 0 Å². The summed E-state index contributed by atoms with van der Waals surface area (Å²) in [6, 6.07) is 3.89. The van der Waals surface area contributed by atoms with Crippen LogP contribution in [0.4, 0.5) is 0 Å². The molecule has 3 aromatic rings. The van der Waals surface area contributed by atoms with E-state index in [1.807, 2.05) is 16.7 Å². The zero-order valence-electron chi connectivity index (χ0n) is 10.2. The number of aromatic nitrogens is 5. The summed E-state index contributed by atoms with van der Waals surface area (Å²) >= 11 is 5.33. The van der Waals surface area contributed by atoms with Crippen LogP contribution in [0.15, 0.2) is 30.9 Å². The number of imidazole rings is 1. The molecule has 0 bridgehead atoms. The van der Waals surface area contributed by atoms with Crippen LogP contribution < -0.4 is 4.74 Å². The van der Waals surface area contributed by atoms with Gasteiger partial charge in [0.05, 0.1) is 13.7 Å². The lowest BCUT2D eigenvalue weighted by atomic mass is 10.3. The summed E-state index contributed by atoms with van der Waals surface area (Å²) in [5.74, 6) is 0.490. The number of hydrogen-bond acceptors (Lipinski definition) is 5. The molecule has 0 atom stereocenters. The van der Waals surface area contributed by atoms with Gasteiger partial charge in [0.15, 0.2) is 10.4 Å². The van der Waals surface area contributed by atoms with Gasteiger partial charge in [-0.1, -0.05) is 0 Å². The predicted octanol–water partition coefficient (Wildman–Crippen LogP) is 1.94. The number of pyridine rings is 1. The van der Waals surface area contributed by atoms with Crippen LogP contribution >= 0.6 is 12.2 Å². The molecule has 0 aliphatic heterocycles. The molecule has 0 saturated heterocycles. The first-order chi connectivity index (χ1) is 9.29. The molecule has 3 rings (SSSR count). The summed E-state index contributed by atoms with van der Waals surface area (Å²) in [5.41, 5.74) is 2.54. The molecule has 0 aliphatic carbocycles. The Balaban J connectivity index is 2.14. The van der Waals surface area contributed by atoms with Crippen molar-refractivity contribution < 1.29 is 4.74 Å². The van der Waals surface area contributed by atoms with E-state index in [1.165, 1.54) is 6.33 Å². The maximum absolute atomic E-state index is 5.33. The lowest BCUT2D eigenvalue weighted by Gasteiger charge is -2.04. The Hall–Kier alpha value is -2.28. The zero-order chi connectivity index (χ0) is 13.2. The summed E-state index contributed by atoms with van der Waals surface area (Å²) < 4.78 is 7.69. The molecule has 1 N–H and O–H groups in total. The van der Waals surface area contributed by atoms with E-state index in [2.05, 4.69) is 19.9 Å².